The van der Waals surface area contributed by atoms with Crippen molar-refractivity contribution in [2.75, 3.05) is 52.9 Å². The first kappa shape index (κ1) is 113. The van der Waals surface area contributed by atoms with Gasteiger partial charge in [-0.3, -0.25) is 9.59 Å². The predicted molar refractivity (Wildman–Crippen MR) is 520 cm³/mol. The number of ether oxygens (including phenoxy) is 4. The quantitative estimate of drug-likeness (QED) is 0.0261. The summed E-state index contributed by atoms with van der Waals surface area (Å²) in [6.45, 7) is 18.8. The minimum Gasteiger partial charge on any atom is -0.489 e. The molecular weight excluding hydrogens is 2250 g/mol. The van der Waals surface area contributed by atoms with E-state index in [9.17, 15) is 72.5 Å². The average molecular weight is 2320 g/mol. The molecule has 146 heavy (non-hydrogen) atoms. The van der Waals surface area contributed by atoms with Gasteiger partial charge >= 0.3 is 24.7 Å². The summed E-state index contributed by atoms with van der Waals surface area (Å²) in [5.74, 6) is -0.281. The SMILES string of the molecule is CC(C)(C)[Si](C)(C)OCC(=O)COc1cc(Cl)c(-c2noc(-c3cn4cc(C(F)(F)F)cc(Cl)c4n3)n2)cc1Cl.CC(C)(C)[Si](C)(C)OCC(O)COc1cc(Cl)c(-c2noc(-c3cn4cc(C(F)(F)F)cc(Cl)c4n3)n2)cc1Cl.O=C(CO)COc1cc(Cl)c(-c2noc(-c3cn4cc(C(F)(F)F)cc(Cl)c4n3)n2)cc1Cl.OCC(O)COc1cc(Cl)c(-c2noc(-c3cn4cc(C(F)(F)F)cc(Cl)c4n3)n2)cc1Cl. The normalized spacial score (nSPS) is 12.9. The van der Waals surface area contributed by atoms with E-state index in [4.69, 9.17) is 195 Å². The summed E-state index contributed by atoms with van der Waals surface area (Å²) in [5.41, 5.74) is -1.90. The molecule has 12 heterocycles. The number of pyridine rings is 4. The lowest BCUT2D eigenvalue weighted by Crippen LogP contribution is -2.43. The monoisotopic (exact) mass is 2310 g/mol. The molecule has 0 aliphatic rings. The lowest BCUT2D eigenvalue weighted by atomic mass is 10.2. The lowest BCUT2D eigenvalue weighted by molar-refractivity contribution is -0.138. The van der Waals surface area contributed by atoms with E-state index >= 15 is 0 Å². The number of aromatic nitrogens is 16. The smallest absolute Gasteiger partial charge is 0.417 e. The Balaban J connectivity index is 0.000000163. The molecule has 2 atom stereocenters. The molecule has 0 radical (unpaired) electrons. The Morgan fingerprint density at radius 1 is 0.329 bits per heavy atom. The Morgan fingerprint density at radius 3 is 0.836 bits per heavy atom. The Morgan fingerprint density at radius 2 is 0.582 bits per heavy atom. The van der Waals surface area contributed by atoms with Crippen molar-refractivity contribution in [3.05, 3.63) is 205 Å². The highest BCUT2D eigenvalue weighted by Crippen LogP contribution is 2.47. The van der Waals surface area contributed by atoms with Crippen molar-refractivity contribution in [1.82, 2.24) is 78.1 Å². The minimum atomic E-state index is -4.59. The van der Waals surface area contributed by atoms with Gasteiger partial charge in [-0.1, -0.05) is 201 Å². The number of carbonyl (C=O) groups excluding carboxylic acids is 2. The molecule has 0 aliphatic heterocycles. The maximum Gasteiger partial charge on any atom is 0.417 e. The van der Waals surface area contributed by atoms with Crippen LogP contribution in [-0.4, -0.2) is 192 Å². The zero-order valence-electron chi connectivity index (χ0n) is 76.3. The maximum absolute atomic E-state index is 13.1. The molecule has 0 saturated carbocycles. The van der Waals surface area contributed by atoms with E-state index in [2.05, 4.69) is 115 Å². The molecule has 16 rings (SSSR count). The van der Waals surface area contributed by atoms with Crippen LogP contribution in [0.3, 0.4) is 0 Å². The van der Waals surface area contributed by atoms with Crippen LogP contribution in [0.5, 0.6) is 23.0 Å². The van der Waals surface area contributed by atoms with E-state index in [1.165, 1.54) is 73.3 Å². The largest absolute Gasteiger partial charge is 0.489 e. The first-order chi connectivity index (χ1) is 68.0. The summed E-state index contributed by atoms with van der Waals surface area (Å²) in [6, 6.07) is 14.4. The standard InChI is InChI=1S/C25H26Cl3F3N4O4Si.C25H24Cl3F3N4O4Si.C19H12Cl3F3N4O4.C19H10Cl3F3N4O4/c2*1-24(2,3)40(4,5)38-12-14(36)11-37-20-8-16(26)15(7-17(20)27)21-33-23(39-34-21)19-10-35-9-13(25(29,30)31)6-18(28)22(35)32-19;2*20-11-3-15(32-7-9(31)6-30)12(21)2-10(11)16-27-18(33-28-16)14-5-29-4-8(19(23,24)25)1-13(22)17(29)26-14/h6-10,14,36H,11-12H2,1-5H3;6-10H,11-12H2,1-5H3;1-5,9,30-31H,6-7H2;1-5,30H,6-7H2. The molecule has 776 valence electrons. The van der Waals surface area contributed by atoms with Crippen LogP contribution in [0.2, 0.25) is 96.5 Å². The van der Waals surface area contributed by atoms with Crippen molar-refractivity contribution >= 4 is 190 Å². The number of halogens is 24. The van der Waals surface area contributed by atoms with Gasteiger partial charge in [0.05, 0.1) is 102 Å². The molecule has 0 saturated heterocycles. The van der Waals surface area contributed by atoms with Crippen molar-refractivity contribution in [3.63, 3.8) is 0 Å². The van der Waals surface area contributed by atoms with E-state index in [0.29, 0.717) is 11.1 Å². The molecule has 32 nitrogen and oxygen atoms in total. The van der Waals surface area contributed by atoms with Crippen molar-refractivity contribution in [1.29, 1.82) is 0 Å². The second-order valence-corrected chi connectivity index (χ2v) is 49.0. The van der Waals surface area contributed by atoms with Crippen LogP contribution in [0.1, 0.15) is 63.8 Å². The number of nitrogens with zero attached hydrogens (tertiary/aromatic N) is 16. The molecule has 16 aromatic rings. The number of aliphatic hydroxyl groups is 4. The third-order valence-corrected chi connectivity index (χ3v) is 34.4. The van der Waals surface area contributed by atoms with Gasteiger partial charge in [0.2, 0.25) is 23.3 Å². The van der Waals surface area contributed by atoms with E-state index in [1.807, 2.05) is 13.1 Å². The molecule has 12 aromatic heterocycles. The summed E-state index contributed by atoms with van der Waals surface area (Å²) < 4.78 is 216. The summed E-state index contributed by atoms with van der Waals surface area (Å²) in [4.78, 5) is 57.2. The summed E-state index contributed by atoms with van der Waals surface area (Å²) in [7, 11) is -4.12. The number of hydrogen-bond donors (Lipinski definition) is 4. The number of alkyl halides is 12. The molecule has 0 bridgehead atoms. The zero-order valence-corrected chi connectivity index (χ0v) is 87.3. The molecule has 4 aromatic carbocycles. The van der Waals surface area contributed by atoms with Crippen LogP contribution < -0.4 is 18.9 Å². The van der Waals surface area contributed by atoms with E-state index < -0.39 is 101 Å². The fraction of sp³-hybridized carbons (Fsp3) is 0.295. The maximum atomic E-state index is 13.1. The number of ketones is 2. The third kappa shape index (κ3) is 26.9. The van der Waals surface area contributed by atoms with Crippen molar-refractivity contribution in [3.8, 4) is 115 Å². The fourth-order valence-corrected chi connectivity index (χ4v) is 17.0. The fourth-order valence-electron chi connectivity index (χ4n) is 12.1. The molecule has 0 fully saturated rings. The van der Waals surface area contributed by atoms with Crippen LogP contribution in [-0.2, 0) is 43.1 Å². The van der Waals surface area contributed by atoms with E-state index in [1.54, 1.807) is 0 Å². The Hall–Kier alpha value is -10.4. The molecule has 0 spiro atoms. The summed E-state index contributed by atoms with van der Waals surface area (Å²) in [5, 5.41) is 53.1. The van der Waals surface area contributed by atoms with Gasteiger partial charge in [-0.25, -0.2) is 19.9 Å². The second-order valence-electron chi connectivity index (χ2n) is 34.5. The molecule has 4 N–H and O–H groups in total. The average Bonchev–Trinajstić information content (AvgIpc) is 1.64. The van der Waals surface area contributed by atoms with E-state index in [-0.39, 0.29) is 236 Å². The molecule has 2 unspecified atom stereocenters. The number of imidazole rings is 4. The van der Waals surface area contributed by atoms with Crippen LogP contribution in [0, 0.1) is 0 Å². The third-order valence-electron chi connectivity index (χ3n) is 21.8. The minimum absolute atomic E-state index is 0.00414. The topological polar surface area (TPSA) is 395 Å². The summed E-state index contributed by atoms with van der Waals surface area (Å²) >= 11 is 74.4. The molecule has 58 heteroatoms. The number of aliphatic hydroxyl groups excluding tert-OH is 4. The van der Waals surface area contributed by atoms with E-state index in [0.717, 1.165) is 66.7 Å². The number of rotatable bonds is 28. The molecule has 0 amide bonds. The Labute approximate surface area is 877 Å². The van der Waals surface area contributed by atoms with Crippen molar-refractivity contribution < 1.29 is 129 Å². The molecular formula is C88H72Cl12F12N16O16Si2. The van der Waals surface area contributed by atoms with Crippen molar-refractivity contribution in [2.45, 2.75) is 115 Å². The predicted octanol–water partition coefficient (Wildman–Crippen LogP) is 25.5. The molecule has 0 aliphatic carbocycles. The first-order valence-corrected chi connectivity index (χ1v) is 52.2. The van der Waals surface area contributed by atoms with Gasteiger partial charge in [0.15, 0.2) is 50.8 Å². The number of hydrogen-bond acceptors (Lipinski definition) is 28. The Kier molecular flexibility index (Phi) is 34.6. The number of Topliss-reactive ketones (excluding diaryl/α,β-unsaturated/α-hetero) is 2. The van der Waals surface area contributed by atoms with Crippen molar-refractivity contribution in [2.24, 2.45) is 0 Å². The first-order valence-electron chi connectivity index (χ1n) is 41.8. The summed E-state index contributed by atoms with van der Waals surface area (Å²) in [6.07, 6.45) is -11.8. The number of carbonyl (C=O) groups is 2. The van der Waals surface area contributed by atoms with Gasteiger partial charge in [-0.05, 0) is 84.8 Å². The number of fused-ring (bicyclic) bond motifs is 4. The highest BCUT2D eigenvalue weighted by molar-refractivity contribution is 6.74. The van der Waals surface area contributed by atoms with Crippen LogP contribution in [0.15, 0.2) is 140 Å². The van der Waals surface area contributed by atoms with Gasteiger partial charge in [-0.15, -0.1) is 0 Å². The van der Waals surface area contributed by atoms with Gasteiger partial charge in [-0.2, -0.15) is 72.6 Å². The zero-order chi connectivity index (χ0) is 107. The van der Waals surface area contributed by atoms with Gasteiger partial charge < -0.3 is 83.9 Å². The number of benzene rings is 4. The second kappa shape index (κ2) is 44.8. The van der Waals surface area contributed by atoms with Crippen LogP contribution in [0.4, 0.5) is 52.7 Å². The lowest BCUT2D eigenvalue weighted by Gasteiger charge is -2.36. The van der Waals surface area contributed by atoms with Gasteiger partial charge in [0.25, 0.3) is 23.6 Å². The van der Waals surface area contributed by atoms with Crippen LogP contribution >= 0.6 is 139 Å². The highest BCUT2D eigenvalue weighted by Gasteiger charge is 2.41. The van der Waals surface area contributed by atoms with Gasteiger partial charge in [0.1, 0.15) is 91.0 Å². The Bertz CT molecular complexity index is 7560. The highest BCUT2D eigenvalue weighted by atomic mass is 35.5. The van der Waals surface area contributed by atoms with Crippen LogP contribution in [0.25, 0.3) is 114 Å². The van der Waals surface area contributed by atoms with Gasteiger partial charge in [0, 0.05) is 96.1 Å².